The number of aliphatic hydroxyl groups excluding tert-OH is 1. The van der Waals surface area contributed by atoms with Crippen LogP contribution in [-0.2, 0) is 14.4 Å². The van der Waals surface area contributed by atoms with Crippen LogP contribution in [0.4, 0.5) is 0 Å². The van der Waals surface area contributed by atoms with E-state index < -0.39 is 12.0 Å². The number of aliphatic hydroxyl groups is 1. The zero-order valence-corrected chi connectivity index (χ0v) is 13.5. The van der Waals surface area contributed by atoms with Crippen molar-refractivity contribution in [2.24, 2.45) is 0 Å². The van der Waals surface area contributed by atoms with Crippen molar-refractivity contribution in [1.29, 1.82) is 0 Å². The van der Waals surface area contributed by atoms with E-state index in [4.69, 9.17) is 4.42 Å². The zero-order valence-electron chi connectivity index (χ0n) is 13.5. The SMILES string of the molecule is O=C(CN1C(=O)CCC1=O)NC[C@H](O)c1ccc(-c2ccco2)cc1. The average Bonchev–Trinajstić information content (AvgIpc) is 3.26. The highest BCUT2D eigenvalue weighted by Gasteiger charge is 2.30. The van der Waals surface area contributed by atoms with E-state index in [1.807, 2.05) is 18.2 Å². The Kier molecular flexibility index (Phi) is 4.95. The molecule has 0 aliphatic carbocycles. The Hall–Kier alpha value is -2.93. The molecule has 0 radical (unpaired) electrons. The quantitative estimate of drug-likeness (QED) is 0.770. The third-order valence-corrected chi connectivity index (χ3v) is 4.05. The molecule has 1 fully saturated rings. The molecule has 3 amide bonds. The minimum absolute atomic E-state index is 0.00481. The van der Waals surface area contributed by atoms with Crippen LogP contribution >= 0.6 is 0 Å². The van der Waals surface area contributed by atoms with Crippen LogP contribution in [0.3, 0.4) is 0 Å². The van der Waals surface area contributed by atoms with Gasteiger partial charge in [0.05, 0.1) is 12.4 Å². The highest BCUT2D eigenvalue weighted by atomic mass is 16.3. The third kappa shape index (κ3) is 3.95. The normalized spacial score (nSPS) is 15.5. The van der Waals surface area contributed by atoms with Crippen LogP contribution in [0.2, 0.25) is 0 Å². The van der Waals surface area contributed by atoms with Gasteiger partial charge in [0.25, 0.3) is 0 Å². The molecule has 0 spiro atoms. The Morgan fingerprint density at radius 3 is 2.44 bits per heavy atom. The van der Waals surface area contributed by atoms with Crippen molar-refractivity contribution < 1.29 is 23.9 Å². The van der Waals surface area contributed by atoms with Crippen LogP contribution in [0, 0.1) is 0 Å². The fourth-order valence-corrected chi connectivity index (χ4v) is 2.64. The van der Waals surface area contributed by atoms with Gasteiger partial charge in [0.15, 0.2) is 0 Å². The summed E-state index contributed by atoms with van der Waals surface area (Å²) in [6.45, 7) is -0.309. The van der Waals surface area contributed by atoms with Crippen LogP contribution in [0.15, 0.2) is 47.1 Å². The van der Waals surface area contributed by atoms with E-state index in [1.165, 1.54) is 0 Å². The van der Waals surface area contributed by atoms with Gasteiger partial charge in [-0.3, -0.25) is 19.3 Å². The van der Waals surface area contributed by atoms with Crippen molar-refractivity contribution in [1.82, 2.24) is 10.2 Å². The van der Waals surface area contributed by atoms with Gasteiger partial charge in [-0.15, -0.1) is 0 Å². The molecule has 130 valence electrons. The van der Waals surface area contributed by atoms with Crippen LogP contribution < -0.4 is 5.32 Å². The molecule has 1 atom stereocenters. The van der Waals surface area contributed by atoms with Gasteiger partial charge in [-0.2, -0.15) is 0 Å². The maximum absolute atomic E-state index is 11.9. The fourth-order valence-electron chi connectivity index (χ4n) is 2.64. The summed E-state index contributed by atoms with van der Waals surface area (Å²) in [5, 5.41) is 12.7. The van der Waals surface area contributed by atoms with E-state index in [2.05, 4.69) is 5.32 Å². The van der Waals surface area contributed by atoms with Gasteiger partial charge in [-0.25, -0.2) is 0 Å². The van der Waals surface area contributed by atoms with Gasteiger partial charge in [0, 0.05) is 24.9 Å². The number of benzene rings is 1. The van der Waals surface area contributed by atoms with Crippen LogP contribution in [0.25, 0.3) is 11.3 Å². The molecule has 0 unspecified atom stereocenters. The van der Waals surface area contributed by atoms with Crippen molar-refractivity contribution in [2.75, 3.05) is 13.1 Å². The molecular weight excluding hydrogens is 324 g/mol. The predicted molar refractivity (Wildman–Crippen MR) is 88.1 cm³/mol. The molecule has 2 aromatic rings. The lowest BCUT2D eigenvalue weighted by Gasteiger charge is -2.16. The predicted octanol–water partition coefficient (Wildman–Crippen LogP) is 1.25. The number of furan rings is 1. The second-order valence-electron chi connectivity index (χ2n) is 5.79. The van der Waals surface area contributed by atoms with Crippen molar-refractivity contribution >= 4 is 17.7 Å². The largest absolute Gasteiger partial charge is 0.464 e. The summed E-state index contributed by atoms with van der Waals surface area (Å²) in [5.74, 6) is -0.424. The Bertz CT molecular complexity index is 751. The molecular formula is C18H18N2O5. The van der Waals surface area contributed by atoms with Gasteiger partial charge in [0.1, 0.15) is 12.3 Å². The topological polar surface area (TPSA) is 99.9 Å². The van der Waals surface area contributed by atoms with E-state index in [9.17, 15) is 19.5 Å². The zero-order chi connectivity index (χ0) is 17.8. The van der Waals surface area contributed by atoms with Crippen LogP contribution in [0.1, 0.15) is 24.5 Å². The van der Waals surface area contributed by atoms with Crippen molar-refractivity contribution in [3.05, 3.63) is 48.2 Å². The summed E-state index contributed by atoms with van der Waals surface area (Å²) in [6, 6.07) is 10.8. The number of hydrogen-bond donors (Lipinski definition) is 2. The number of nitrogens with zero attached hydrogens (tertiary/aromatic N) is 1. The summed E-state index contributed by atoms with van der Waals surface area (Å²) in [4.78, 5) is 35.8. The minimum atomic E-state index is -0.889. The number of hydrogen-bond acceptors (Lipinski definition) is 5. The second kappa shape index (κ2) is 7.31. The molecule has 2 heterocycles. The van der Waals surface area contributed by atoms with Gasteiger partial charge >= 0.3 is 0 Å². The molecule has 1 aromatic heterocycles. The molecule has 25 heavy (non-hydrogen) atoms. The molecule has 1 aromatic carbocycles. The van der Waals surface area contributed by atoms with Gasteiger partial charge < -0.3 is 14.8 Å². The summed E-state index contributed by atoms with van der Waals surface area (Å²) in [6.07, 6.45) is 0.997. The Morgan fingerprint density at radius 1 is 1.16 bits per heavy atom. The highest BCUT2D eigenvalue weighted by molar-refractivity contribution is 6.04. The van der Waals surface area contributed by atoms with Crippen molar-refractivity contribution in [3.8, 4) is 11.3 Å². The average molecular weight is 342 g/mol. The number of imide groups is 1. The number of nitrogens with one attached hydrogen (secondary N) is 1. The van der Waals surface area contributed by atoms with Crippen LogP contribution in [0.5, 0.6) is 0 Å². The van der Waals surface area contributed by atoms with Gasteiger partial charge in [-0.1, -0.05) is 24.3 Å². The van der Waals surface area contributed by atoms with E-state index in [-0.39, 0.29) is 37.7 Å². The second-order valence-corrected chi connectivity index (χ2v) is 5.79. The summed E-state index contributed by atoms with van der Waals surface area (Å²) in [5.41, 5.74) is 1.53. The first-order chi connectivity index (χ1) is 12.0. The maximum atomic E-state index is 11.9. The van der Waals surface area contributed by atoms with Crippen molar-refractivity contribution in [3.63, 3.8) is 0 Å². The summed E-state index contributed by atoms with van der Waals surface area (Å²) in [7, 11) is 0. The Morgan fingerprint density at radius 2 is 1.84 bits per heavy atom. The highest BCUT2D eigenvalue weighted by Crippen LogP contribution is 2.22. The van der Waals surface area contributed by atoms with E-state index in [0.717, 1.165) is 16.2 Å². The molecule has 1 saturated heterocycles. The standard InChI is InChI=1S/C18H18N2O5/c21-14(10-19-16(22)11-20-17(23)7-8-18(20)24)12-3-5-13(6-4-12)15-2-1-9-25-15/h1-6,9,14,21H,7-8,10-11H2,(H,19,22)/t14-/m0/s1. The van der Waals surface area contributed by atoms with Gasteiger partial charge in [0.2, 0.25) is 17.7 Å². The lowest BCUT2D eigenvalue weighted by molar-refractivity contribution is -0.142. The first-order valence-electron chi connectivity index (χ1n) is 7.96. The number of carbonyl (C=O) groups is 3. The maximum Gasteiger partial charge on any atom is 0.240 e. The summed E-state index contributed by atoms with van der Waals surface area (Å²) >= 11 is 0. The number of amides is 3. The molecule has 7 nitrogen and oxygen atoms in total. The first kappa shape index (κ1) is 16.9. The summed E-state index contributed by atoms with van der Waals surface area (Å²) < 4.78 is 5.30. The lowest BCUT2D eigenvalue weighted by atomic mass is 10.1. The number of likely N-dealkylation sites (tertiary alicyclic amines) is 1. The van der Waals surface area contributed by atoms with E-state index >= 15 is 0 Å². The molecule has 3 rings (SSSR count). The molecule has 0 bridgehead atoms. The van der Waals surface area contributed by atoms with Gasteiger partial charge in [-0.05, 0) is 17.7 Å². The molecule has 1 aliphatic heterocycles. The molecule has 1 aliphatic rings. The lowest BCUT2D eigenvalue weighted by Crippen LogP contribution is -2.41. The minimum Gasteiger partial charge on any atom is -0.464 e. The van der Waals surface area contributed by atoms with E-state index in [0.29, 0.717) is 5.56 Å². The fraction of sp³-hybridized carbons (Fsp3) is 0.278. The Labute approximate surface area is 144 Å². The molecule has 7 heteroatoms. The molecule has 2 N–H and O–H groups in total. The van der Waals surface area contributed by atoms with Crippen LogP contribution in [-0.4, -0.2) is 40.8 Å². The first-order valence-corrected chi connectivity index (χ1v) is 7.96. The van der Waals surface area contributed by atoms with E-state index in [1.54, 1.807) is 24.5 Å². The molecule has 0 saturated carbocycles. The Balaban J connectivity index is 1.52. The third-order valence-electron chi connectivity index (χ3n) is 4.05. The number of rotatable bonds is 6. The van der Waals surface area contributed by atoms with Crippen molar-refractivity contribution in [2.45, 2.75) is 18.9 Å². The monoisotopic (exact) mass is 342 g/mol. The smallest absolute Gasteiger partial charge is 0.240 e. The number of carbonyl (C=O) groups excluding carboxylic acids is 3.